The van der Waals surface area contributed by atoms with Crippen molar-refractivity contribution in [1.29, 1.82) is 0 Å². The van der Waals surface area contributed by atoms with Crippen molar-refractivity contribution in [1.82, 2.24) is 10.2 Å². The first kappa shape index (κ1) is 24.2. The average Bonchev–Trinajstić information content (AvgIpc) is 3.42. The highest BCUT2D eigenvalue weighted by atomic mass is 35.5. The summed E-state index contributed by atoms with van der Waals surface area (Å²) in [5.74, 6) is -2.04. The van der Waals surface area contributed by atoms with Crippen molar-refractivity contribution >= 4 is 46.8 Å². The van der Waals surface area contributed by atoms with E-state index in [1.165, 1.54) is 4.90 Å². The summed E-state index contributed by atoms with van der Waals surface area (Å²) in [5, 5.41) is 16.5. The summed E-state index contributed by atoms with van der Waals surface area (Å²) in [7, 11) is 1.58. The standard InChI is InChI=1S/C26H28ClN3O4S/c1-25-12-13-26(35-25)20(19(25)22(32)28-2)24(34)30(18(14-31)15-8-4-3-5-9-15)21(26)23(33)29-17-11-7-6-10-16(17)27/h3-11,18-21,31H,12-14H2,1-2H3,(H,28,32)(H,29,33)/t18-,19+,20+,21?,25-,26?/m1/s1. The van der Waals surface area contributed by atoms with Crippen LogP contribution >= 0.6 is 23.4 Å². The number of thioether (sulfide) groups is 1. The lowest BCUT2D eigenvalue weighted by Gasteiger charge is -2.37. The van der Waals surface area contributed by atoms with Gasteiger partial charge in [-0.2, -0.15) is 0 Å². The molecule has 3 N–H and O–H groups in total. The Morgan fingerprint density at radius 2 is 1.83 bits per heavy atom. The molecule has 35 heavy (non-hydrogen) atoms. The SMILES string of the molecule is CNC(=O)[C@@H]1[C@H]2C(=O)N([C@H](CO)c3ccccc3)C(C(=O)Nc3ccccc3Cl)C23CC[C@@]1(C)S3. The molecule has 3 fully saturated rings. The lowest BCUT2D eigenvalue weighted by molar-refractivity contribution is -0.142. The van der Waals surface area contributed by atoms with E-state index in [2.05, 4.69) is 10.6 Å². The molecule has 9 heteroatoms. The Hall–Kier alpha value is -2.55. The van der Waals surface area contributed by atoms with Crippen LogP contribution in [0.1, 0.15) is 31.4 Å². The topological polar surface area (TPSA) is 98.7 Å². The summed E-state index contributed by atoms with van der Waals surface area (Å²) >= 11 is 7.91. The van der Waals surface area contributed by atoms with E-state index in [4.69, 9.17) is 11.6 Å². The van der Waals surface area contributed by atoms with Crippen LogP contribution in [0.25, 0.3) is 0 Å². The molecular formula is C26H28ClN3O4S. The fourth-order valence-electron chi connectivity index (χ4n) is 6.35. The van der Waals surface area contributed by atoms with E-state index in [1.54, 1.807) is 43.1 Å². The first-order valence-electron chi connectivity index (χ1n) is 11.7. The second-order valence-corrected chi connectivity index (χ2v) is 12.0. The van der Waals surface area contributed by atoms with E-state index in [9.17, 15) is 19.5 Å². The number of nitrogens with zero attached hydrogens (tertiary/aromatic N) is 1. The van der Waals surface area contributed by atoms with Crippen molar-refractivity contribution in [2.45, 2.75) is 41.3 Å². The maximum Gasteiger partial charge on any atom is 0.248 e. The van der Waals surface area contributed by atoms with E-state index in [1.807, 2.05) is 37.3 Å². The smallest absolute Gasteiger partial charge is 0.248 e. The van der Waals surface area contributed by atoms with Gasteiger partial charge in [0, 0.05) is 11.8 Å². The molecule has 5 rings (SSSR count). The second-order valence-electron chi connectivity index (χ2n) is 9.67. The molecule has 3 saturated heterocycles. The fourth-order valence-corrected chi connectivity index (χ4v) is 8.87. The summed E-state index contributed by atoms with van der Waals surface area (Å²) in [6.45, 7) is 1.67. The van der Waals surface area contributed by atoms with Crippen molar-refractivity contribution in [3.8, 4) is 0 Å². The van der Waals surface area contributed by atoms with Gasteiger partial charge in [0.05, 0.1) is 39.9 Å². The Morgan fingerprint density at radius 1 is 1.14 bits per heavy atom. The van der Waals surface area contributed by atoms with Gasteiger partial charge in [0.15, 0.2) is 0 Å². The van der Waals surface area contributed by atoms with Gasteiger partial charge in [0.2, 0.25) is 17.7 Å². The predicted octanol–water partition coefficient (Wildman–Crippen LogP) is 3.24. The van der Waals surface area contributed by atoms with Gasteiger partial charge >= 0.3 is 0 Å². The van der Waals surface area contributed by atoms with Crippen LogP contribution in [0.15, 0.2) is 54.6 Å². The molecule has 6 atom stereocenters. The van der Waals surface area contributed by atoms with Gasteiger partial charge in [-0.25, -0.2) is 0 Å². The van der Waals surface area contributed by atoms with Crippen molar-refractivity contribution in [2.75, 3.05) is 19.0 Å². The number of aliphatic hydroxyl groups excluding tert-OH is 1. The van der Waals surface area contributed by atoms with Gasteiger partial charge in [-0.1, -0.05) is 54.1 Å². The summed E-state index contributed by atoms with van der Waals surface area (Å²) in [5.41, 5.74) is 1.19. The van der Waals surface area contributed by atoms with Gasteiger partial charge in [-0.3, -0.25) is 14.4 Å². The molecule has 2 aromatic carbocycles. The molecule has 3 heterocycles. The monoisotopic (exact) mass is 513 g/mol. The zero-order chi connectivity index (χ0) is 25.0. The Labute approximate surface area is 213 Å². The zero-order valence-corrected chi connectivity index (χ0v) is 21.1. The number of para-hydroxylation sites is 1. The van der Waals surface area contributed by atoms with Crippen LogP contribution < -0.4 is 10.6 Å². The Bertz CT molecular complexity index is 1180. The summed E-state index contributed by atoms with van der Waals surface area (Å²) in [4.78, 5) is 42.7. The minimum absolute atomic E-state index is 0.188. The number of halogens is 1. The Kier molecular flexibility index (Phi) is 6.10. The fraction of sp³-hybridized carbons (Fsp3) is 0.423. The van der Waals surface area contributed by atoms with E-state index < -0.39 is 33.4 Å². The Balaban J connectivity index is 1.63. The highest BCUT2D eigenvalue weighted by Crippen LogP contribution is 2.72. The van der Waals surface area contributed by atoms with Gasteiger partial charge in [-0.15, -0.1) is 11.8 Å². The molecule has 3 amide bonds. The molecule has 2 unspecified atom stereocenters. The highest BCUT2D eigenvalue weighted by molar-refractivity contribution is 8.02. The zero-order valence-electron chi connectivity index (χ0n) is 19.5. The third-order valence-electron chi connectivity index (χ3n) is 7.82. The number of nitrogens with one attached hydrogen (secondary N) is 2. The number of likely N-dealkylation sites (tertiary alicyclic amines) is 1. The van der Waals surface area contributed by atoms with E-state index in [-0.39, 0.29) is 24.3 Å². The number of rotatable bonds is 6. The van der Waals surface area contributed by atoms with Crippen molar-refractivity contribution in [3.05, 3.63) is 65.2 Å². The first-order valence-corrected chi connectivity index (χ1v) is 12.9. The molecule has 0 aliphatic carbocycles. The lowest BCUT2D eigenvalue weighted by Crippen LogP contribution is -2.52. The van der Waals surface area contributed by atoms with Crippen LogP contribution in [0.2, 0.25) is 5.02 Å². The third kappa shape index (κ3) is 3.57. The average molecular weight is 514 g/mol. The summed E-state index contributed by atoms with van der Waals surface area (Å²) in [6.07, 6.45) is 1.35. The van der Waals surface area contributed by atoms with Crippen LogP contribution in [0.4, 0.5) is 5.69 Å². The number of fused-ring (bicyclic) bond motifs is 1. The van der Waals surface area contributed by atoms with Gasteiger partial charge < -0.3 is 20.6 Å². The lowest BCUT2D eigenvalue weighted by atomic mass is 9.66. The van der Waals surface area contributed by atoms with Crippen molar-refractivity contribution in [3.63, 3.8) is 0 Å². The van der Waals surface area contributed by atoms with Crippen LogP contribution in [-0.4, -0.2) is 56.9 Å². The number of anilines is 1. The van der Waals surface area contributed by atoms with Crippen molar-refractivity contribution in [2.24, 2.45) is 11.8 Å². The van der Waals surface area contributed by atoms with Gasteiger partial charge in [0.1, 0.15) is 6.04 Å². The number of hydrogen-bond donors (Lipinski definition) is 3. The van der Waals surface area contributed by atoms with E-state index in [0.717, 1.165) is 12.0 Å². The number of benzene rings is 2. The third-order valence-corrected chi connectivity index (χ3v) is 10.1. The normalized spacial score (nSPS) is 31.8. The molecule has 184 valence electrons. The second kappa shape index (κ2) is 8.84. The molecule has 2 aromatic rings. The van der Waals surface area contributed by atoms with Crippen LogP contribution in [0.5, 0.6) is 0 Å². The van der Waals surface area contributed by atoms with Crippen LogP contribution in [0, 0.1) is 11.8 Å². The Morgan fingerprint density at radius 3 is 2.49 bits per heavy atom. The number of carbonyl (C=O) groups excluding carboxylic acids is 3. The van der Waals surface area contributed by atoms with Crippen LogP contribution in [-0.2, 0) is 14.4 Å². The van der Waals surface area contributed by atoms with Gasteiger partial charge in [-0.05, 0) is 37.5 Å². The quantitative estimate of drug-likeness (QED) is 0.551. The molecule has 2 bridgehead atoms. The molecule has 0 aromatic heterocycles. The summed E-state index contributed by atoms with van der Waals surface area (Å²) in [6, 6.07) is 14.6. The van der Waals surface area contributed by atoms with Gasteiger partial charge in [0.25, 0.3) is 0 Å². The minimum Gasteiger partial charge on any atom is -0.394 e. The van der Waals surface area contributed by atoms with Crippen molar-refractivity contribution < 1.29 is 19.5 Å². The molecule has 3 aliphatic heterocycles. The number of carbonyl (C=O) groups is 3. The molecule has 1 spiro atoms. The predicted molar refractivity (Wildman–Crippen MR) is 136 cm³/mol. The van der Waals surface area contributed by atoms with E-state index in [0.29, 0.717) is 17.1 Å². The molecule has 0 saturated carbocycles. The largest absolute Gasteiger partial charge is 0.394 e. The number of hydrogen-bond acceptors (Lipinski definition) is 5. The molecular weight excluding hydrogens is 486 g/mol. The molecule has 3 aliphatic rings. The molecule has 7 nitrogen and oxygen atoms in total. The maximum absolute atomic E-state index is 14.2. The number of aliphatic hydroxyl groups is 1. The van der Waals surface area contributed by atoms with Crippen LogP contribution in [0.3, 0.4) is 0 Å². The first-order chi connectivity index (χ1) is 16.8. The number of amides is 3. The minimum atomic E-state index is -0.880. The highest BCUT2D eigenvalue weighted by Gasteiger charge is 2.77. The molecule has 0 radical (unpaired) electrons. The van der Waals surface area contributed by atoms with E-state index >= 15 is 0 Å². The summed E-state index contributed by atoms with van der Waals surface area (Å²) < 4.78 is -1.23. The maximum atomic E-state index is 14.2.